The number of aliphatic hydroxyl groups is 1. The first-order chi connectivity index (χ1) is 9.69. The van der Waals surface area contributed by atoms with E-state index >= 15 is 0 Å². The molecule has 116 valence electrons. The number of hydrogen-bond acceptors (Lipinski definition) is 4. The zero-order chi connectivity index (χ0) is 16.0. The number of aromatic nitrogens is 1. The standard InChI is InChI=1S/C16H24N2O3/c1-11(2)14(19)13(10-12-6-8-17-9-7-12)18-15(20)21-16(3,4)5/h6-9,13-14,19H,1,10H2,2-5H3,(H,18,20)/t13-,14?/m0/s1. The highest BCUT2D eigenvalue weighted by Crippen LogP contribution is 2.12. The van der Waals surface area contributed by atoms with Crippen molar-refractivity contribution in [3.63, 3.8) is 0 Å². The molecule has 0 fully saturated rings. The Labute approximate surface area is 126 Å². The Kier molecular flexibility index (Phi) is 5.90. The quantitative estimate of drug-likeness (QED) is 0.818. The van der Waals surface area contributed by atoms with Gasteiger partial charge in [0.05, 0.1) is 12.1 Å². The molecule has 1 amide bonds. The summed E-state index contributed by atoms with van der Waals surface area (Å²) in [4.78, 5) is 15.8. The maximum atomic E-state index is 11.9. The number of nitrogens with one attached hydrogen (secondary N) is 1. The Hall–Kier alpha value is -1.88. The van der Waals surface area contributed by atoms with Crippen LogP contribution in [0.2, 0.25) is 0 Å². The van der Waals surface area contributed by atoms with Crippen molar-refractivity contribution < 1.29 is 14.6 Å². The number of alkyl carbamates (subject to hydrolysis) is 1. The van der Waals surface area contributed by atoms with E-state index in [0.29, 0.717) is 12.0 Å². The molecule has 0 aromatic carbocycles. The number of amides is 1. The Bertz CT molecular complexity index is 480. The lowest BCUT2D eigenvalue weighted by atomic mass is 9.98. The first kappa shape index (κ1) is 17.2. The molecule has 5 nitrogen and oxygen atoms in total. The van der Waals surface area contributed by atoms with E-state index in [2.05, 4.69) is 16.9 Å². The second-order valence-electron chi connectivity index (χ2n) is 6.10. The number of rotatable bonds is 5. The van der Waals surface area contributed by atoms with Gasteiger partial charge >= 0.3 is 6.09 Å². The number of ether oxygens (including phenoxy) is 1. The largest absolute Gasteiger partial charge is 0.444 e. The van der Waals surface area contributed by atoms with Gasteiger partial charge in [-0.05, 0) is 51.8 Å². The minimum Gasteiger partial charge on any atom is -0.444 e. The van der Waals surface area contributed by atoms with Gasteiger partial charge in [0.25, 0.3) is 0 Å². The third-order valence-electron chi connectivity index (χ3n) is 2.79. The Morgan fingerprint density at radius 2 is 2.00 bits per heavy atom. The highest BCUT2D eigenvalue weighted by molar-refractivity contribution is 5.68. The smallest absolute Gasteiger partial charge is 0.407 e. The molecular formula is C16H24N2O3. The van der Waals surface area contributed by atoms with Crippen LogP contribution in [0.4, 0.5) is 4.79 Å². The van der Waals surface area contributed by atoms with Crippen LogP contribution in [0.25, 0.3) is 0 Å². The van der Waals surface area contributed by atoms with Gasteiger partial charge in [0.2, 0.25) is 0 Å². The number of carbonyl (C=O) groups excluding carboxylic acids is 1. The van der Waals surface area contributed by atoms with E-state index in [4.69, 9.17) is 4.74 Å². The van der Waals surface area contributed by atoms with Crippen LogP contribution >= 0.6 is 0 Å². The van der Waals surface area contributed by atoms with E-state index in [1.54, 1.807) is 40.1 Å². The van der Waals surface area contributed by atoms with Crippen LogP contribution in [0.15, 0.2) is 36.7 Å². The monoisotopic (exact) mass is 292 g/mol. The zero-order valence-corrected chi connectivity index (χ0v) is 13.1. The molecule has 1 aromatic heterocycles. The van der Waals surface area contributed by atoms with Gasteiger partial charge in [0.1, 0.15) is 5.60 Å². The van der Waals surface area contributed by atoms with Crippen molar-refractivity contribution in [2.75, 3.05) is 0 Å². The van der Waals surface area contributed by atoms with Gasteiger partial charge in [-0.15, -0.1) is 0 Å². The number of aliphatic hydroxyl groups excluding tert-OH is 1. The van der Waals surface area contributed by atoms with Crippen LogP contribution in [-0.2, 0) is 11.2 Å². The van der Waals surface area contributed by atoms with Gasteiger partial charge in [0.15, 0.2) is 0 Å². The first-order valence-electron chi connectivity index (χ1n) is 6.91. The lowest BCUT2D eigenvalue weighted by Gasteiger charge is -2.27. The van der Waals surface area contributed by atoms with Gasteiger partial charge in [-0.1, -0.05) is 12.2 Å². The Balaban J connectivity index is 2.78. The van der Waals surface area contributed by atoms with E-state index in [1.165, 1.54) is 0 Å². The fourth-order valence-electron chi connectivity index (χ4n) is 1.82. The van der Waals surface area contributed by atoms with Crippen molar-refractivity contribution in [2.45, 2.75) is 51.9 Å². The molecule has 2 N–H and O–H groups in total. The molecule has 5 heteroatoms. The zero-order valence-electron chi connectivity index (χ0n) is 13.1. The van der Waals surface area contributed by atoms with E-state index in [1.807, 2.05) is 12.1 Å². The SMILES string of the molecule is C=C(C)C(O)[C@H](Cc1ccncc1)NC(=O)OC(C)(C)C. The van der Waals surface area contributed by atoms with E-state index in [0.717, 1.165) is 5.56 Å². The minimum atomic E-state index is -0.842. The molecule has 0 saturated heterocycles. The summed E-state index contributed by atoms with van der Waals surface area (Å²) in [5.74, 6) is 0. The predicted octanol–water partition coefficient (Wildman–Crippen LogP) is 2.45. The van der Waals surface area contributed by atoms with Crippen LogP contribution in [0.3, 0.4) is 0 Å². The second-order valence-corrected chi connectivity index (χ2v) is 6.10. The number of nitrogens with zero attached hydrogens (tertiary/aromatic N) is 1. The average molecular weight is 292 g/mol. The van der Waals surface area contributed by atoms with Crippen molar-refractivity contribution in [3.8, 4) is 0 Å². The molecule has 1 unspecified atom stereocenters. The molecule has 0 aliphatic heterocycles. The molecule has 2 atom stereocenters. The van der Waals surface area contributed by atoms with Crippen LogP contribution in [0, 0.1) is 0 Å². The summed E-state index contributed by atoms with van der Waals surface area (Å²) in [6.45, 7) is 10.8. The summed E-state index contributed by atoms with van der Waals surface area (Å²) in [5.41, 5.74) is 0.968. The molecule has 0 spiro atoms. The van der Waals surface area contributed by atoms with Crippen molar-refractivity contribution in [1.82, 2.24) is 10.3 Å². The van der Waals surface area contributed by atoms with Gasteiger partial charge < -0.3 is 15.2 Å². The fraction of sp³-hybridized carbons (Fsp3) is 0.500. The lowest BCUT2D eigenvalue weighted by Crippen LogP contribution is -2.47. The van der Waals surface area contributed by atoms with Crippen molar-refractivity contribution in [3.05, 3.63) is 42.2 Å². The molecule has 0 radical (unpaired) electrons. The molecule has 1 heterocycles. The van der Waals surface area contributed by atoms with Crippen LogP contribution in [-0.4, -0.2) is 33.9 Å². The van der Waals surface area contributed by atoms with E-state index in [-0.39, 0.29) is 0 Å². The number of pyridine rings is 1. The van der Waals surface area contributed by atoms with Crippen LogP contribution < -0.4 is 5.32 Å². The van der Waals surface area contributed by atoms with Crippen LogP contribution in [0.1, 0.15) is 33.3 Å². The van der Waals surface area contributed by atoms with Crippen molar-refractivity contribution in [1.29, 1.82) is 0 Å². The average Bonchev–Trinajstić information content (AvgIpc) is 2.36. The summed E-state index contributed by atoms with van der Waals surface area (Å²) in [6, 6.07) is 3.18. The van der Waals surface area contributed by atoms with E-state index < -0.39 is 23.8 Å². The summed E-state index contributed by atoms with van der Waals surface area (Å²) in [5, 5.41) is 12.9. The molecule has 0 aliphatic rings. The first-order valence-corrected chi connectivity index (χ1v) is 6.91. The number of hydrogen-bond donors (Lipinski definition) is 2. The fourth-order valence-corrected chi connectivity index (χ4v) is 1.82. The summed E-state index contributed by atoms with van der Waals surface area (Å²) >= 11 is 0. The minimum absolute atomic E-state index is 0.468. The molecule has 1 rings (SSSR count). The third-order valence-corrected chi connectivity index (χ3v) is 2.79. The second kappa shape index (κ2) is 7.22. The molecule has 1 aromatic rings. The highest BCUT2D eigenvalue weighted by atomic mass is 16.6. The topological polar surface area (TPSA) is 71.5 Å². The maximum absolute atomic E-state index is 11.9. The molecule has 0 saturated carbocycles. The molecular weight excluding hydrogens is 268 g/mol. The lowest BCUT2D eigenvalue weighted by molar-refractivity contribution is 0.0449. The summed E-state index contributed by atoms with van der Waals surface area (Å²) < 4.78 is 5.23. The maximum Gasteiger partial charge on any atom is 0.407 e. The predicted molar refractivity (Wildman–Crippen MR) is 81.9 cm³/mol. The van der Waals surface area contributed by atoms with Crippen molar-refractivity contribution in [2.24, 2.45) is 0 Å². The van der Waals surface area contributed by atoms with Crippen molar-refractivity contribution >= 4 is 6.09 Å². The highest BCUT2D eigenvalue weighted by Gasteiger charge is 2.25. The normalized spacial score (nSPS) is 14.1. The van der Waals surface area contributed by atoms with E-state index in [9.17, 15) is 9.90 Å². The summed E-state index contributed by atoms with van der Waals surface area (Å²) in [6.07, 6.45) is 2.42. The van der Waals surface area contributed by atoms with Crippen LogP contribution in [0.5, 0.6) is 0 Å². The van der Waals surface area contributed by atoms with Gasteiger partial charge in [-0.25, -0.2) is 4.79 Å². The number of carbonyl (C=O) groups is 1. The molecule has 21 heavy (non-hydrogen) atoms. The van der Waals surface area contributed by atoms with Gasteiger partial charge in [0, 0.05) is 12.4 Å². The van der Waals surface area contributed by atoms with Gasteiger partial charge in [-0.3, -0.25) is 4.98 Å². The third kappa shape index (κ3) is 6.40. The molecule has 0 bridgehead atoms. The Morgan fingerprint density at radius 3 is 2.48 bits per heavy atom. The van der Waals surface area contributed by atoms with Gasteiger partial charge in [-0.2, -0.15) is 0 Å². The summed E-state index contributed by atoms with van der Waals surface area (Å²) in [7, 11) is 0. The Morgan fingerprint density at radius 1 is 1.43 bits per heavy atom. The molecule has 0 aliphatic carbocycles.